The molecule has 1 amide bonds. The zero-order chi connectivity index (χ0) is 17.8. The predicted molar refractivity (Wildman–Crippen MR) is 107 cm³/mol. The van der Waals surface area contributed by atoms with Gasteiger partial charge in [0.05, 0.1) is 10.2 Å². The summed E-state index contributed by atoms with van der Waals surface area (Å²) < 4.78 is 1.08. The average molecular weight is 371 g/mol. The van der Waals surface area contributed by atoms with Gasteiger partial charge in [-0.2, -0.15) is 0 Å². The number of aromatic nitrogens is 1. The fourth-order valence-electron chi connectivity index (χ4n) is 2.47. The molecule has 0 N–H and O–H groups in total. The van der Waals surface area contributed by atoms with Crippen molar-refractivity contribution in [3.05, 3.63) is 65.2 Å². The van der Waals surface area contributed by atoms with Crippen molar-refractivity contribution >= 4 is 50.3 Å². The highest BCUT2D eigenvalue weighted by Crippen LogP contribution is 2.29. The molecule has 1 heterocycles. The Hall–Kier alpha value is -2.17. The van der Waals surface area contributed by atoms with E-state index >= 15 is 0 Å². The van der Waals surface area contributed by atoms with Crippen LogP contribution in [0.2, 0.25) is 5.02 Å². The summed E-state index contributed by atoms with van der Waals surface area (Å²) in [5.74, 6) is 0.267. The monoisotopic (exact) mass is 370 g/mol. The van der Waals surface area contributed by atoms with Crippen molar-refractivity contribution in [3.8, 4) is 0 Å². The second-order valence-electron chi connectivity index (χ2n) is 6.20. The number of halogens is 1. The molecule has 5 heteroatoms. The molecule has 0 unspecified atom stereocenters. The molecule has 0 radical (unpaired) electrons. The predicted octanol–water partition coefficient (Wildman–Crippen LogP) is 5.65. The van der Waals surface area contributed by atoms with Crippen LogP contribution in [0.5, 0.6) is 0 Å². The number of amides is 1. The van der Waals surface area contributed by atoms with Crippen LogP contribution in [-0.2, 0) is 4.79 Å². The van der Waals surface area contributed by atoms with Crippen LogP contribution in [0.1, 0.15) is 19.4 Å². The van der Waals surface area contributed by atoms with Crippen LogP contribution < -0.4 is 4.90 Å². The number of anilines is 1. The molecular formula is C20H19ClN2OS. The Morgan fingerprint density at radius 3 is 2.76 bits per heavy atom. The van der Waals surface area contributed by atoms with Gasteiger partial charge in [-0.1, -0.05) is 61.1 Å². The number of carbonyl (C=O) groups is 1. The van der Waals surface area contributed by atoms with Crippen LogP contribution in [0.3, 0.4) is 0 Å². The van der Waals surface area contributed by atoms with Crippen LogP contribution in [0.15, 0.2) is 54.6 Å². The van der Waals surface area contributed by atoms with E-state index in [1.165, 1.54) is 11.3 Å². The first kappa shape index (κ1) is 17.6. The summed E-state index contributed by atoms with van der Waals surface area (Å²) in [6, 6.07) is 15.4. The number of para-hydroxylation sites is 1. The van der Waals surface area contributed by atoms with Crippen molar-refractivity contribution in [1.29, 1.82) is 0 Å². The third-order valence-electron chi connectivity index (χ3n) is 3.59. The summed E-state index contributed by atoms with van der Waals surface area (Å²) >= 11 is 7.53. The van der Waals surface area contributed by atoms with E-state index in [4.69, 9.17) is 11.6 Å². The van der Waals surface area contributed by atoms with Crippen LogP contribution in [0, 0.1) is 5.92 Å². The summed E-state index contributed by atoms with van der Waals surface area (Å²) in [6.45, 7) is 4.81. The van der Waals surface area contributed by atoms with E-state index in [0.29, 0.717) is 17.5 Å². The third-order valence-corrected chi connectivity index (χ3v) is 4.89. The molecule has 1 aromatic heterocycles. The highest BCUT2D eigenvalue weighted by molar-refractivity contribution is 7.22. The standard InChI is InChI=1S/C20H19ClN2OS/c1-14(2)13-23(20-22-17-8-3-4-9-18(17)25-20)19(24)11-10-15-6-5-7-16(21)12-15/h3-12,14H,13H2,1-2H3/b11-10+. The first-order chi connectivity index (χ1) is 12.0. The Balaban J connectivity index is 1.88. The zero-order valence-electron chi connectivity index (χ0n) is 14.1. The number of rotatable bonds is 5. The van der Waals surface area contributed by atoms with Crippen molar-refractivity contribution in [3.63, 3.8) is 0 Å². The Kier molecular flexibility index (Phi) is 5.51. The highest BCUT2D eigenvalue weighted by Gasteiger charge is 2.18. The number of benzene rings is 2. The lowest BCUT2D eigenvalue weighted by Crippen LogP contribution is -2.32. The number of thiazole rings is 1. The third kappa shape index (κ3) is 4.47. The van der Waals surface area contributed by atoms with Crippen molar-refractivity contribution in [2.75, 3.05) is 11.4 Å². The number of hydrogen-bond acceptors (Lipinski definition) is 3. The molecule has 3 aromatic rings. The van der Waals surface area contributed by atoms with Gasteiger partial charge in [0.15, 0.2) is 5.13 Å². The average Bonchev–Trinajstić information content (AvgIpc) is 3.01. The maximum absolute atomic E-state index is 12.8. The lowest BCUT2D eigenvalue weighted by molar-refractivity contribution is -0.114. The molecule has 3 rings (SSSR count). The van der Waals surface area contributed by atoms with Gasteiger partial charge in [0.1, 0.15) is 0 Å². The fourth-order valence-corrected chi connectivity index (χ4v) is 3.65. The molecule has 0 aliphatic carbocycles. The van der Waals surface area contributed by atoms with E-state index in [0.717, 1.165) is 20.9 Å². The van der Waals surface area contributed by atoms with E-state index in [1.54, 1.807) is 17.1 Å². The quantitative estimate of drug-likeness (QED) is 0.543. The van der Waals surface area contributed by atoms with Crippen molar-refractivity contribution in [1.82, 2.24) is 4.98 Å². The Bertz CT molecular complexity index is 884. The zero-order valence-corrected chi connectivity index (χ0v) is 15.7. The molecule has 0 saturated heterocycles. The maximum atomic E-state index is 12.8. The van der Waals surface area contributed by atoms with Gasteiger partial charge < -0.3 is 0 Å². The first-order valence-corrected chi connectivity index (χ1v) is 9.33. The van der Waals surface area contributed by atoms with Crippen LogP contribution in [-0.4, -0.2) is 17.4 Å². The number of carbonyl (C=O) groups excluding carboxylic acids is 1. The Labute approximate surface area is 156 Å². The van der Waals surface area contributed by atoms with Gasteiger partial charge >= 0.3 is 0 Å². The second kappa shape index (κ2) is 7.81. The summed E-state index contributed by atoms with van der Waals surface area (Å²) in [5.41, 5.74) is 1.82. The lowest BCUT2D eigenvalue weighted by atomic mass is 10.2. The van der Waals surface area contributed by atoms with Gasteiger partial charge in [-0.05, 0) is 41.8 Å². The van der Waals surface area contributed by atoms with Crippen molar-refractivity contribution in [2.24, 2.45) is 5.92 Å². The van der Waals surface area contributed by atoms with E-state index in [-0.39, 0.29) is 5.91 Å². The van der Waals surface area contributed by atoms with Gasteiger partial charge in [0.2, 0.25) is 0 Å². The van der Waals surface area contributed by atoms with Crippen LogP contribution in [0.4, 0.5) is 5.13 Å². The Morgan fingerprint density at radius 1 is 1.24 bits per heavy atom. The smallest absolute Gasteiger partial charge is 0.252 e. The molecule has 0 spiro atoms. The van der Waals surface area contributed by atoms with Crippen molar-refractivity contribution in [2.45, 2.75) is 13.8 Å². The minimum atomic E-state index is -0.0762. The molecular weight excluding hydrogens is 352 g/mol. The molecule has 25 heavy (non-hydrogen) atoms. The topological polar surface area (TPSA) is 33.2 Å². The fraction of sp³-hybridized carbons (Fsp3) is 0.200. The van der Waals surface area contributed by atoms with Gasteiger partial charge in [0, 0.05) is 17.6 Å². The van der Waals surface area contributed by atoms with Crippen LogP contribution >= 0.6 is 22.9 Å². The molecule has 0 aliphatic rings. The molecule has 0 atom stereocenters. The molecule has 0 saturated carbocycles. The van der Waals surface area contributed by atoms with Gasteiger partial charge in [-0.25, -0.2) is 4.98 Å². The molecule has 0 bridgehead atoms. The maximum Gasteiger partial charge on any atom is 0.252 e. The van der Waals surface area contributed by atoms with E-state index < -0.39 is 0 Å². The SMILES string of the molecule is CC(C)CN(C(=O)/C=C/c1cccc(Cl)c1)c1nc2ccccc2s1. The van der Waals surface area contributed by atoms with Gasteiger partial charge in [-0.3, -0.25) is 9.69 Å². The molecule has 0 fully saturated rings. The molecule has 2 aromatic carbocycles. The van der Waals surface area contributed by atoms with E-state index in [1.807, 2.05) is 48.5 Å². The molecule has 0 aliphatic heterocycles. The van der Waals surface area contributed by atoms with Gasteiger partial charge in [-0.15, -0.1) is 0 Å². The lowest BCUT2D eigenvalue weighted by Gasteiger charge is -2.20. The number of fused-ring (bicyclic) bond motifs is 1. The first-order valence-electron chi connectivity index (χ1n) is 8.13. The minimum Gasteiger partial charge on any atom is -0.284 e. The van der Waals surface area contributed by atoms with Gasteiger partial charge in [0.25, 0.3) is 5.91 Å². The summed E-state index contributed by atoms with van der Waals surface area (Å²) in [4.78, 5) is 19.2. The summed E-state index contributed by atoms with van der Waals surface area (Å²) in [6.07, 6.45) is 3.37. The number of nitrogens with zero attached hydrogens (tertiary/aromatic N) is 2. The highest BCUT2D eigenvalue weighted by atomic mass is 35.5. The van der Waals surface area contributed by atoms with Crippen molar-refractivity contribution < 1.29 is 4.79 Å². The largest absolute Gasteiger partial charge is 0.284 e. The normalized spacial score (nSPS) is 11.5. The molecule has 128 valence electrons. The minimum absolute atomic E-state index is 0.0762. The number of hydrogen-bond donors (Lipinski definition) is 0. The second-order valence-corrected chi connectivity index (χ2v) is 7.64. The molecule has 3 nitrogen and oxygen atoms in total. The summed E-state index contributed by atoms with van der Waals surface area (Å²) in [7, 11) is 0. The Morgan fingerprint density at radius 2 is 2.04 bits per heavy atom. The summed E-state index contributed by atoms with van der Waals surface area (Å²) in [5, 5.41) is 1.38. The van der Waals surface area contributed by atoms with Crippen LogP contribution in [0.25, 0.3) is 16.3 Å². The van der Waals surface area contributed by atoms with E-state index in [2.05, 4.69) is 18.8 Å². The van der Waals surface area contributed by atoms with E-state index in [9.17, 15) is 4.79 Å².